The minimum Gasteiger partial charge on any atom is -0.342 e. The predicted octanol–water partition coefficient (Wildman–Crippen LogP) is 2.85. The number of nitrogens with one attached hydrogen (secondary N) is 1. The van der Waals surface area contributed by atoms with Crippen LogP contribution in [0.5, 0.6) is 0 Å². The number of likely N-dealkylation sites (tertiary alicyclic amines) is 1. The standard InChI is InChI=1S/C24H35N5O2S/c25-17-20-19-7-3-4-8-21(19)32-24(20)26-22(30)9-12-27-13-15-28(16-14-27)18-23(31)29-10-5-1-2-6-11-29/h1-16,18H2,(H,26,30). The Morgan fingerprint density at radius 3 is 2.31 bits per heavy atom. The van der Waals surface area contributed by atoms with E-state index in [1.54, 1.807) is 11.3 Å². The molecule has 2 amide bonds. The quantitative estimate of drug-likeness (QED) is 0.711. The van der Waals surface area contributed by atoms with E-state index in [1.165, 1.54) is 24.1 Å². The maximum Gasteiger partial charge on any atom is 0.236 e. The molecule has 0 radical (unpaired) electrons. The molecule has 2 saturated heterocycles. The van der Waals surface area contributed by atoms with Gasteiger partial charge in [-0.3, -0.25) is 14.5 Å². The molecule has 0 aromatic carbocycles. The van der Waals surface area contributed by atoms with E-state index in [-0.39, 0.29) is 11.8 Å². The first kappa shape index (κ1) is 23.2. The number of thiophene rings is 1. The van der Waals surface area contributed by atoms with E-state index >= 15 is 0 Å². The number of piperazine rings is 1. The molecule has 1 aromatic rings. The second kappa shape index (κ2) is 11.3. The minimum absolute atomic E-state index is 0.0149. The van der Waals surface area contributed by atoms with Crippen molar-refractivity contribution in [1.29, 1.82) is 5.26 Å². The van der Waals surface area contributed by atoms with Gasteiger partial charge in [0.05, 0.1) is 12.1 Å². The summed E-state index contributed by atoms with van der Waals surface area (Å²) < 4.78 is 0. The molecular weight excluding hydrogens is 422 g/mol. The van der Waals surface area contributed by atoms with Crippen LogP contribution < -0.4 is 5.32 Å². The Hall–Kier alpha value is -1.95. The summed E-state index contributed by atoms with van der Waals surface area (Å²) in [6.07, 6.45) is 9.44. The van der Waals surface area contributed by atoms with E-state index in [1.807, 2.05) is 4.90 Å². The van der Waals surface area contributed by atoms with Crippen LogP contribution in [0.25, 0.3) is 0 Å². The maximum absolute atomic E-state index is 12.6. The van der Waals surface area contributed by atoms with Crippen molar-refractivity contribution >= 4 is 28.2 Å². The Labute approximate surface area is 195 Å². The molecule has 174 valence electrons. The highest BCUT2D eigenvalue weighted by Gasteiger charge is 2.24. The van der Waals surface area contributed by atoms with E-state index in [2.05, 4.69) is 21.2 Å². The molecule has 0 spiro atoms. The number of anilines is 1. The van der Waals surface area contributed by atoms with E-state index in [0.29, 0.717) is 25.1 Å². The van der Waals surface area contributed by atoms with Crippen molar-refractivity contribution in [2.75, 3.05) is 57.7 Å². The number of hydrogen-bond acceptors (Lipinski definition) is 6. The molecule has 2 fully saturated rings. The van der Waals surface area contributed by atoms with Gasteiger partial charge in [-0.1, -0.05) is 12.8 Å². The molecule has 0 unspecified atom stereocenters. The number of aryl methyl sites for hydroxylation is 1. The van der Waals surface area contributed by atoms with Gasteiger partial charge in [0.15, 0.2) is 0 Å². The fourth-order valence-corrected chi connectivity index (χ4v) is 6.26. The van der Waals surface area contributed by atoms with Crippen LogP contribution in [0.2, 0.25) is 0 Å². The van der Waals surface area contributed by atoms with Crippen LogP contribution in [0, 0.1) is 11.3 Å². The highest BCUT2D eigenvalue weighted by atomic mass is 32.1. The SMILES string of the molecule is N#Cc1c(NC(=O)CCN2CCN(CC(=O)N3CCCCCC3)CC2)sc2c1CCCC2. The molecule has 1 aromatic heterocycles. The highest BCUT2D eigenvalue weighted by molar-refractivity contribution is 7.16. The summed E-state index contributed by atoms with van der Waals surface area (Å²) in [7, 11) is 0. The van der Waals surface area contributed by atoms with Crippen molar-refractivity contribution in [2.24, 2.45) is 0 Å². The first-order valence-electron chi connectivity index (χ1n) is 12.2. The number of carbonyl (C=O) groups excluding carboxylic acids is 2. The summed E-state index contributed by atoms with van der Waals surface area (Å²) in [4.78, 5) is 33.0. The summed E-state index contributed by atoms with van der Waals surface area (Å²) in [5.41, 5.74) is 1.84. The van der Waals surface area contributed by atoms with Crippen LogP contribution in [0.15, 0.2) is 0 Å². The normalized spacial score (nSPS) is 20.3. The van der Waals surface area contributed by atoms with Gasteiger partial charge in [0.2, 0.25) is 11.8 Å². The molecule has 0 saturated carbocycles. The van der Waals surface area contributed by atoms with Gasteiger partial charge in [-0.15, -0.1) is 11.3 Å². The Balaban J connectivity index is 1.18. The van der Waals surface area contributed by atoms with Gasteiger partial charge in [-0.25, -0.2) is 0 Å². The summed E-state index contributed by atoms with van der Waals surface area (Å²) >= 11 is 1.58. The van der Waals surface area contributed by atoms with Gasteiger partial charge in [0.25, 0.3) is 0 Å². The lowest BCUT2D eigenvalue weighted by atomic mass is 9.96. The number of fused-ring (bicyclic) bond motifs is 1. The fourth-order valence-electron chi connectivity index (χ4n) is 5.00. The van der Waals surface area contributed by atoms with Crippen molar-refractivity contribution in [3.8, 4) is 6.07 Å². The minimum atomic E-state index is -0.0149. The van der Waals surface area contributed by atoms with Crippen LogP contribution in [0.4, 0.5) is 5.00 Å². The number of carbonyl (C=O) groups is 2. The van der Waals surface area contributed by atoms with Crippen LogP contribution in [-0.4, -0.2) is 78.9 Å². The van der Waals surface area contributed by atoms with E-state index in [9.17, 15) is 14.9 Å². The molecule has 3 aliphatic rings. The Kier molecular flexibility index (Phi) is 8.17. The molecule has 0 bridgehead atoms. The number of hydrogen-bond donors (Lipinski definition) is 1. The average molecular weight is 458 g/mol. The third-order valence-corrected chi connectivity index (χ3v) is 8.18. The summed E-state index contributed by atoms with van der Waals surface area (Å²) in [5, 5.41) is 13.3. The lowest BCUT2D eigenvalue weighted by Crippen LogP contribution is -2.50. The van der Waals surface area contributed by atoms with Crippen molar-refractivity contribution in [3.05, 3.63) is 16.0 Å². The summed E-state index contributed by atoms with van der Waals surface area (Å²) in [6.45, 7) is 6.58. The summed E-state index contributed by atoms with van der Waals surface area (Å²) in [5.74, 6) is 0.255. The van der Waals surface area contributed by atoms with Gasteiger partial charge in [0.1, 0.15) is 11.1 Å². The van der Waals surface area contributed by atoms with Crippen molar-refractivity contribution in [1.82, 2.24) is 14.7 Å². The Morgan fingerprint density at radius 2 is 1.59 bits per heavy atom. The van der Waals surface area contributed by atoms with Gasteiger partial charge < -0.3 is 15.1 Å². The summed E-state index contributed by atoms with van der Waals surface area (Å²) in [6, 6.07) is 2.31. The highest BCUT2D eigenvalue weighted by Crippen LogP contribution is 2.37. The third-order valence-electron chi connectivity index (χ3n) is 6.97. The molecule has 32 heavy (non-hydrogen) atoms. The third kappa shape index (κ3) is 5.89. The molecule has 3 heterocycles. The number of rotatable bonds is 6. The van der Waals surface area contributed by atoms with Crippen molar-refractivity contribution in [3.63, 3.8) is 0 Å². The van der Waals surface area contributed by atoms with Gasteiger partial charge in [-0.2, -0.15) is 5.26 Å². The Morgan fingerprint density at radius 1 is 0.906 bits per heavy atom. The number of nitrogens with zero attached hydrogens (tertiary/aromatic N) is 4. The van der Waals surface area contributed by atoms with Crippen LogP contribution >= 0.6 is 11.3 Å². The zero-order valence-corrected chi connectivity index (χ0v) is 19.9. The second-order valence-electron chi connectivity index (χ2n) is 9.24. The smallest absolute Gasteiger partial charge is 0.236 e. The molecule has 4 rings (SSSR count). The topological polar surface area (TPSA) is 79.7 Å². The Bertz CT molecular complexity index is 845. The average Bonchev–Trinajstić information content (AvgIpc) is 2.96. The second-order valence-corrected chi connectivity index (χ2v) is 10.3. The zero-order valence-electron chi connectivity index (χ0n) is 19.0. The number of amides is 2. The molecular formula is C24H35N5O2S. The first-order chi connectivity index (χ1) is 15.6. The lowest BCUT2D eigenvalue weighted by Gasteiger charge is -2.35. The van der Waals surface area contributed by atoms with Gasteiger partial charge in [-0.05, 0) is 44.1 Å². The zero-order chi connectivity index (χ0) is 22.3. The van der Waals surface area contributed by atoms with Crippen LogP contribution in [0.1, 0.15) is 60.9 Å². The predicted molar refractivity (Wildman–Crippen MR) is 127 cm³/mol. The van der Waals surface area contributed by atoms with Gasteiger partial charge in [0, 0.05) is 57.1 Å². The monoisotopic (exact) mass is 457 g/mol. The van der Waals surface area contributed by atoms with E-state index < -0.39 is 0 Å². The fraction of sp³-hybridized carbons (Fsp3) is 0.708. The molecule has 8 heteroatoms. The number of nitriles is 1. The molecule has 1 N–H and O–H groups in total. The molecule has 0 atom stereocenters. The molecule has 7 nitrogen and oxygen atoms in total. The molecule has 1 aliphatic carbocycles. The van der Waals surface area contributed by atoms with Gasteiger partial charge >= 0.3 is 0 Å². The van der Waals surface area contributed by atoms with Crippen LogP contribution in [-0.2, 0) is 22.4 Å². The molecule has 2 aliphatic heterocycles. The lowest BCUT2D eigenvalue weighted by molar-refractivity contribution is -0.132. The first-order valence-corrected chi connectivity index (χ1v) is 13.0. The van der Waals surface area contributed by atoms with E-state index in [0.717, 1.165) is 81.9 Å². The maximum atomic E-state index is 12.6. The largest absolute Gasteiger partial charge is 0.342 e. The van der Waals surface area contributed by atoms with Crippen LogP contribution in [0.3, 0.4) is 0 Å². The van der Waals surface area contributed by atoms with Crippen molar-refractivity contribution in [2.45, 2.75) is 57.8 Å². The van der Waals surface area contributed by atoms with Crippen molar-refractivity contribution < 1.29 is 9.59 Å². The van der Waals surface area contributed by atoms with E-state index in [4.69, 9.17) is 0 Å².